The normalized spacial score (nSPS) is 12.8. The highest BCUT2D eigenvalue weighted by Crippen LogP contribution is 2.09. The van der Waals surface area contributed by atoms with Gasteiger partial charge in [0.2, 0.25) is 0 Å². The van der Waals surface area contributed by atoms with Crippen LogP contribution in [0.15, 0.2) is 63.9 Å². The monoisotopic (exact) mass is 243 g/mol. The number of nitrogens with zero attached hydrogens (tertiary/aromatic N) is 1. The zero-order valence-corrected chi connectivity index (χ0v) is 10.4. The van der Waals surface area contributed by atoms with Gasteiger partial charge in [-0.15, -0.1) is 0 Å². The van der Waals surface area contributed by atoms with E-state index in [0.29, 0.717) is 0 Å². The van der Waals surface area contributed by atoms with Crippen LogP contribution in [-0.2, 0) is 11.0 Å². The Kier molecular flexibility index (Phi) is 3.83. The van der Waals surface area contributed by atoms with Crippen molar-refractivity contribution in [3.05, 3.63) is 65.7 Å². The van der Waals surface area contributed by atoms with Crippen molar-refractivity contribution in [3.8, 4) is 0 Å². The molecule has 17 heavy (non-hydrogen) atoms. The van der Waals surface area contributed by atoms with Crippen LogP contribution < -0.4 is 0 Å². The maximum absolute atomic E-state index is 11.8. The fourth-order valence-electron chi connectivity index (χ4n) is 1.36. The van der Waals surface area contributed by atoms with Gasteiger partial charge >= 0.3 is 0 Å². The zero-order chi connectivity index (χ0) is 12.1. The molecule has 0 unspecified atom stereocenters. The van der Waals surface area contributed by atoms with Crippen LogP contribution in [0.1, 0.15) is 11.1 Å². The largest absolute Gasteiger partial charge is 0.229 e. The van der Waals surface area contributed by atoms with Gasteiger partial charge in [0.05, 0.1) is 4.90 Å². The third kappa shape index (κ3) is 3.36. The Hall–Kier alpha value is -1.74. The molecule has 0 aliphatic rings. The minimum Gasteiger partial charge on any atom is -0.229 e. The number of benzene rings is 2. The van der Waals surface area contributed by atoms with Gasteiger partial charge < -0.3 is 0 Å². The lowest BCUT2D eigenvalue weighted by molar-refractivity contribution is 0.684. The lowest BCUT2D eigenvalue weighted by Crippen LogP contribution is -1.89. The third-order valence-corrected chi connectivity index (χ3v) is 3.29. The SMILES string of the molecule is Cc1ccc([S@](=O)/N=C/c2ccccc2)cc1. The van der Waals surface area contributed by atoms with E-state index in [1.165, 1.54) is 0 Å². The summed E-state index contributed by atoms with van der Waals surface area (Å²) in [4.78, 5) is 0.725. The van der Waals surface area contributed by atoms with E-state index >= 15 is 0 Å². The Bertz CT molecular complexity index is 532. The summed E-state index contributed by atoms with van der Waals surface area (Å²) in [7, 11) is -1.32. The smallest absolute Gasteiger partial charge is 0.172 e. The van der Waals surface area contributed by atoms with Gasteiger partial charge in [0.25, 0.3) is 0 Å². The predicted molar refractivity (Wildman–Crippen MR) is 71.6 cm³/mol. The standard InChI is InChI=1S/C14H13NOS/c1-12-7-9-14(10-8-12)17(16)15-11-13-5-3-2-4-6-13/h2-11H,1H3/b15-11+/t17-/m0/s1. The molecule has 2 rings (SSSR count). The van der Waals surface area contributed by atoms with Crippen molar-refractivity contribution in [1.29, 1.82) is 0 Å². The second-order valence-corrected chi connectivity index (χ2v) is 4.89. The molecule has 0 saturated heterocycles. The van der Waals surface area contributed by atoms with E-state index in [0.717, 1.165) is 16.0 Å². The van der Waals surface area contributed by atoms with E-state index in [-0.39, 0.29) is 0 Å². The molecule has 86 valence electrons. The molecule has 2 nitrogen and oxygen atoms in total. The lowest BCUT2D eigenvalue weighted by Gasteiger charge is -1.97. The van der Waals surface area contributed by atoms with Crippen molar-refractivity contribution in [2.75, 3.05) is 0 Å². The van der Waals surface area contributed by atoms with Gasteiger partial charge in [-0.1, -0.05) is 48.0 Å². The first kappa shape index (κ1) is 11.7. The molecule has 0 spiro atoms. The van der Waals surface area contributed by atoms with E-state index in [1.807, 2.05) is 61.5 Å². The van der Waals surface area contributed by atoms with Gasteiger partial charge in [0.15, 0.2) is 11.0 Å². The van der Waals surface area contributed by atoms with E-state index in [4.69, 9.17) is 0 Å². The maximum Gasteiger partial charge on any atom is 0.172 e. The average Bonchev–Trinajstić information content (AvgIpc) is 2.38. The summed E-state index contributed by atoms with van der Waals surface area (Å²) in [6.07, 6.45) is 1.63. The molecule has 0 bridgehead atoms. The zero-order valence-electron chi connectivity index (χ0n) is 9.54. The summed E-state index contributed by atoms with van der Waals surface area (Å²) in [5.74, 6) is 0. The van der Waals surface area contributed by atoms with Gasteiger partial charge in [-0.3, -0.25) is 0 Å². The molecule has 0 aliphatic heterocycles. The van der Waals surface area contributed by atoms with Crippen LogP contribution in [0, 0.1) is 6.92 Å². The van der Waals surface area contributed by atoms with Gasteiger partial charge in [-0.05, 0) is 24.6 Å². The van der Waals surface area contributed by atoms with E-state index in [2.05, 4.69) is 4.40 Å². The van der Waals surface area contributed by atoms with E-state index in [1.54, 1.807) is 6.21 Å². The van der Waals surface area contributed by atoms with E-state index < -0.39 is 11.0 Å². The second kappa shape index (κ2) is 5.55. The Morgan fingerprint density at radius 3 is 2.29 bits per heavy atom. The molecule has 2 aromatic rings. The molecule has 3 heteroatoms. The first-order valence-electron chi connectivity index (χ1n) is 5.33. The summed E-state index contributed by atoms with van der Waals surface area (Å²) in [5, 5.41) is 0. The highest BCUT2D eigenvalue weighted by atomic mass is 32.2. The topological polar surface area (TPSA) is 29.4 Å². The van der Waals surface area contributed by atoms with Crippen LogP contribution in [-0.4, -0.2) is 10.4 Å². The highest BCUT2D eigenvalue weighted by molar-refractivity contribution is 7.83. The summed E-state index contributed by atoms with van der Waals surface area (Å²) >= 11 is 0. The molecule has 0 N–H and O–H groups in total. The minimum atomic E-state index is -1.32. The molecule has 1 atom stereocenters. The number of aryl methyl sites for hydroxylation is 1. The van der Waals surface area contributed by atoms with Crippen LogP contribution in [0.4, 0.5) is 0 Å². The molecular weight excluding hydrogens is 230 g/mol. The average molecular weight is 243 g/mol. The van der Waals surface area contributed by atoms with Crippen LogP contribution in [0.3, 0.4) is 0 Å². The Balaban J connectivity index is 2.12. The maximum atomic E-state index is 11.8. The van der Waals surface area contributed by atoms with Gasteiger partial charge in [-0.2, -0.15) is 4.40 Å². The fourth-order valence-corrected chi connectivity index (χ4v) is 2.07. The van der Waals surface area contributed by atoms with Crippen LogP contribution in [0.25, 0.3) is 0 Å². The third-order valence-electron chi connectivity index (χ3n) is 2.32. The molecule has 0 aromatic heterocycles. The minimum absolute atomic E-state index is 0.725. The molecule has 0 amide bonds. The fraction of sp³-hybridized carbons (Fsp3) is 0.0714. The van der Waals surface area contributed by atoms with Gasteiger partial charge in [0, 0.05) is 6.21 Å². The summed E-state index contributed by atoms with van der Waals surface area (Å²) in [6, 6.07) is 17.2. The first-order valence-corrected chi connectivity index (χ1v) is 6.44. The van der Waals surface area contributed by atoms with Crippen LogP contribution >= 0.6 is 0 Å². The number of hydrogen-bond donors (Lipinski definition) is 0. The van der Waals surface area contributed by atoms with Crippen molar-refractivity contribution in [3.63, 3.8) is 0 Å². The quantitative estimate of drug-likeness (QED) is 0.761. The first-order chi connectivity index (χ1) is 8.25. The van der Waals surface area contributed by atoms with Gasteiger partial charge in [-0.25, -0.2) is 4.21 Å². The van der Waals surface area contributed by atoms with Gasteiger partial charge in [0.1, 0.15) is 0 Å². The molecule has 2 aromatic carbocycles. The van der Waals surface area contributed by atoms with Crippen molar-refractivity contribution in [1.82, 2.24) is 0 Å². The van der Waals surface area contributed by atoms with Crippen molar-refractivity contribution in [2.24, 2.45) is 4.40 Å². The number of rotatable bonds is 3. The summed E-state index contributed by atoms with van der Waals surface area (Å²) in [6.45, 7) is 2.00. The second-order valence-electron chi connectivity index (χ2n) is 3.71. The summed E-state index contributed by atoms with van der Waals surface area (Å²) < 4.78 is 15.9. The molecule has 0 saturated carbocycles. The molecular formula is C14H13NOS. The van der Waals surface area contributed by atoms with Crippen LogP contribution in [0.2, 0.25) is 0 Å². The Morgan fingerprint density at radius 2 is 1.65 bits per heavy atom. The predicted octanol–water partition coefficient (Wildman–Crippen LogP) is 3.14. The highest BCUT2D eigenvalue weighted by Gasteiger charge is 1.99. The van der Waals surface area contributed by atoms with Crippen molar-refractivity contribution in [2.45, 2.75) is 11.8 Å². The van der Waals surface area contributed by atoms with E-state index in [9.17, 15) is 4.21 Å². The number of hydrogen-bond acceptors (Lipinski definition) is 1. The Labute approximate surface area is 104 Å². The van der Waals surface area contributed by atoms with Crippen molar-refractivity contribution < 1.29 is 4.21 Å². The molecule has 0 aliphatic carbocycles. The van der Waals surface area contributed by atoms with Crippen LogP contribution in [0.5, 0.6) is 0 Å². The molecule has 0 radical (unpaired) electrons. The lowest BCUT2D eigenvalue weighted by atomic mass is 10.2. The van der Waals surface area contributed by atoms with Crippen molar-refractivity contribution >= 4 is 17.2 Å². The molecule has 0 heterocycles. The summed E-state index contributed by atoms with van der Waals surface area (Å²) in [5.41, 5.74) is 2.10. The molecule has 0 fully saturated rings. The Morgan fingerprint density at radius 1 is 1.00 bits per heavy atom.